The third-order valence-electron chi connectivity index (χ3n) is 3.32. The number of hydrogen-bond acceptors (Lipinski definition) is 6. The minimum atomic E-state index is -3.27. The van der Waals surface area contributed by atoms with E-state index >= 15 is 0 Å². The summed E-state index contributed by atoms with van der Waals surface area (Å²) in [5.41, 5.74) is 1.88. The molecule has 3 N–H and O–H groups in total. The maximum atomic E-state index is 11.8. The van der Waals surface area contributed by atoms with Gasteiger partial charge in [-0.05, 0) is 19.4 Å². The lowest BCUT2D eigenvalue weighted by molar-refractivity contribution is 0.234. The van der Waals surface area contributed by atoms with E-state index in [1.807, 2.05) is 31.2 Å². The van der Waals surface area contributed by atoms with Gasteiger partial charge in [0.25, 0.3) is 0 Å². The molecule has 0 spiro atoms. The van der Waals surface area contributed by atoms with Gasteiger partial charge in [0.15, 0.2) is 0 Å². The lowest BCUT2D eigenvalue weighted by Crippen LogP contribution is -2.41. The molecule has 0 bridgehead atoms. The van der Waals surface area contributed by atoms with Crippen molar-refractivity contribution in [1.82, 2.24) is 25.5 Å². The van der Waals surface area contributed by atoms with Gasteiger partial charge in [0.2, 0.25) is 21.7 Å². The van der Waals surface area contributed by atoms with Crippen LogP contribution >= 0.6 is 0 Å². The average molecular weight is 367 g/mol. The van der Waals surface area contributed by atoms with Gasteiger partial charge in [0, 0.05) is 18.7 Å². The maximum Gasteiger partial charge on any atom is 0.315 e. The molecule has 2 rings (SSSR count). The largest absolute Gasteiger partial charge is 0.337 e. The standard InChI is InChI=1S/C15H21N5O4S/c1-10-6-4-5-7-12(10)13-19-14(24-20-13)11(2)18-15(21)16-8-9-17-25(3,22)23/h4-7,11,17H,8-9H2,1-3H3,(H2,16,18,21)/t11-/m0/s1. The molecule has 0 radical (unpaired) electrons. The monoisotopic (exact) mass is 367 g/mol. The number of nitrogens with one attached hydrogen (secondary N) is 3. The summed E-state index contributed by atoms with van der Waals surface area (Å²) < 4.78 is 29.3. The third-order valence-corrected chi connectivity index (χ3v) is 4.05. The minimum absolute atomic E-state index is 0.110. The fraction of sp³-hybridized carbons (Fsp3) is 0.400. The van der Waals surface area contributed by atoms with Crippen LogP contribution in [0.4, 0.5) is 4.79 Å². The predicted octanol–water partition coefficient (Wildman–Crippen LogP) is 0.954. The summed E-state index contributed by atoms with van der Waals surface area (Å²) in [6, 6.07) is 6.70. The smallest absolute Gasteiger partial charge is 0.315 e. The maximum absolute atomic E-state index is 11.8. The van der Waals surface area contributed by atoms with Gasteiger partial charge in [0.1, 0.15) is 6.04 Å². The van der Waals surface area contributed by atoms with E-state index in [1.54, 1.807) is 6.92 Å². The van der Waals surface area contributed by atoms with E-state index < -0.39 is 22.1 Å². The van der Waals surface area contributed by atoms with Gasteiger partial charge >= 0.3 is 6.03 Å². The van der Waals surface area contributed by atoms with E-state index in [4.69, 9.17) is 4.52 Å². The molecule has 136 valence electrons. The first-order chi connectivity index (χ1) is 11.8. The summed E-state index contributed by atoms with van der Waals surface area (Å²) >= 11 is 0. The van der Waals surface area contributed by atoms with Crippen LogP contribution in [0.25, 0.3) is 11.4 Å². The van der Waals surface area contributed by atoms with Gasteiger partial charge < -0.3 is 15.2 Å². The Morgan fingerprint density at radius 1 is 1.28 bits per heavy atom. The molecule has 1 atom stereocenters. The van der Waals surface area contributed by atoms with Crippen molar-refractivity contribution in [3.63, 3.8) is 0 Å². The molecule has 0 aliphatic heterocycles. The molecule has 1 aromatic carbocycles. The number of rotatable bonds is 7. The summed E-state index contributed by atoms with van der Waals surface area (Å²) in [7, 11) is -3.27. The second-order valence-corrected chi connectivity index (χ2v) is 7.39. The number of aryl methyl sites for hydroxylation is 1. The number of sulfonamides is 1. The number of carbonyl (C=O) groups excluding carboxylic acids is 1. The number of carbonyl (C=O) groups is 1. The number of amides is 2. The highest BCUT2D eigenvalue weighted by Crippen LogP contribution is 2.21. The zero-order valence-corrected chi connectivity index (χ0v) is 15.1. The van der Waals surface area contributed by atoms with Gasteiger partial charge in [-0.25, -0.2) is 17.9 Å². The lowest BCUT2D eigenvalue weighted by atomic mass is 10.1. The molecular weight excluding hydrogens is 346 g/mol. The number of nitrogens with zero attached hydrogens (tertiary/aromatic N) is 2. The fourth-order valence-corrected chi connectivity index (χ4v) is 2.54. The molecule has 0 aliphatic carbocycles. The van der Waals surface area contributed by atoms with Gasteiger partial charge in [-0.2, -0.15) is 4.98 Å². The number of benzene rings is 1. The predicted molar refractivity (Wildman–Crippen MR) is 92.3 cm³/mol. The van der Waals surface area contributed by atoms with Crippen molar-refractivity contribution in [2.24, 2.45) is 0 Å². The third kappa shape index (κ3) is 5.84. The van der Waals surface area contributed by atoms with Crippen molar-refractivity contribution in [2.45, 2.75) is 19.9 Å². The zero-order chi connectivity index (χ0) is 18.4. The highest BCUT2D eigenvalue weighted by atomic mass is 32.2. The summed E-state index contributed by atoms with van der Waals surface area (Å²) in [6.07, 6.45) is 1.05. The molecule has 2 amide bonds. The summed E-state index contributed by atoms with van der Waals surface area (Å²) in [5, 5.41) is 9.13. The summed E-state index contributed by atoms with van der Waals surface area (Å²) in [5.74, 6) is 0.738. The average Bonchev–Trinajstić information content (AvgIpc) is 3.01. The van der Waals surface area contributed by atoms with Crippen molar-refractivity contribution >= 4 is 16.1 Å². The van der Waals surface area contributed by atoms with Crippen LogP contribution in [-0.2, 0) is 10.0 Å². The number of aromatic nitrogens is 2. The Balaban J connectivity index is 1.88. The normalized spacial score (nSPS) is 12.6. The van der Waals surface area contributed by atoms with Crippen LogP contribution in [-0.4, -0.2) is 43.9 Å². The van der Waals surface area contributed by atoms with E-state index in [1.165, 1.54) is 0 Å². The van der Waals surface area contributed by atoms with Crippen LogP contribution < -0.4 is 15.4 Å². The molecule has 1 heterocycles. The van der Waals surface area contributed by atoms with Crippen molar-refractivity contribution in [2.75, 3.05) is 19.3 Å². The van der Waals surface area contributed by atoms with E-state index in [2.05, 4.69) is 25.5 Å². The van der Waals surface area contributed by atoms with Crippen LogP contribution in [0.3, 0.4) is 0 Å². The summed E-state index contributed by atoms with van der Waals surface area (Å²) in [4.78, 5) is 16.1. The quantitative estimate of drug-likeness (QED) is 0.626. The Hall–Kier alpha value is -2.46. The molecule has 0 saturated heterocycles. The van der Waals surface area contributed by atoms with Gasteiger partial charge in [-0.1, -0.05) is 29.4 Å². The van der Waals surface area contributed by atoms with E-state index in [9.17, 15) is 13.2 Å². The zero-order valence-electron chi connectivity index (χ0n) is 14.2. The van der Waals surface area contributed by atoms with Crippen molar-refractivity contribution in [3.8, 4) is 11.4 Å². The first-order valence-electron chi connectivity index (χ1n) is 7.65. The molecule has 10 heteroatoms. The van der Waals surface area contributed by atoms with E-state index in [-0.39, 0.29) is 19.0 Å². The first kappa shape index (κ1) is 18.9. The van der Waals surface area contributed by atoms with Crippen LogP contribution in [0.1, 0.15) is 24.4 Å². The Kier molecular flexibility index (Phi) is 6.10. The summed E-state index contributed by atoms with van der Waals surface area (Å²) in [6.45, 7) is 3.93. The molecule has 0 fully saturated rings. The fourth-order valence-electron chi connectivity index (χ4n) is 2.07. The highest BCUT2D eigenvalue weighted by molar-refractivity contribution is 7.88. The molecule has 25 heavy (non-hydrogen) atoms. The topological polar surface area (TPSA) is 126 Å². The molecule has 0 aliphatic rings. The molecule has 2 aromatic rings. The number of urea groups is 1. The van der Waals surface area contributed by atoms with Crippen LogP contribution in [0.15, 0.2) is 28.8 Å². The molecule has 0 unspecified atom stereocenters. The van der Waals surface area contributed by atoms with Crippen molar-refractivity contribution in [1.29, 1.82) is 0 Å². The van der Waals surface area contributed by atoms with Crippen molar-refractivity contribution < 1.29 is 17.7 Å². The molecular formula is C15H21N5O4S. The Bertz CT molecular complexity index is 834. The second-order valence-electron chi connectivity index (χ2n) is 5.56. The minimum Gasteiger partial charge on any atom is -0.337 e. The van der Waals surface area contributed by atoms with Crippen LogP contribution in [0.5, 0.6) is 0 Å². The molecule has 0 saturated carbocycles. The van der Waals surface area contributed by atoms with Gasteiger partial charge in [0.05, 0.1) is 6.26 Å². The van der Waals surface area contributed by atoms with Crippen LogP contribution in [0.2, 0.25) is 0 Å². The molecule has 9 nitrogen and oxygen atoms in total. The Morgan fingerprint density at radius 3 is 2.68 bits per heavy atom. The Morgan fingerprint density at radius 2 is 2.00 bits per heavy atom. The lowest BCUT2D eigenvalue weighted by Gasteiger charge is -2.11. The number of hydrogen-bond donors (Lipinski definition) is 3. The van der Waals surface area contributed by atoms with E-state index in [0.29, 0.717) is 5.82 Å². The van der Waals surface area contributed by atoms with E-state index in [0.717, 1.165) is 17.4 Å². The first-order valence-corrected chi connectivity index (χ1v) is 9.54. The van der Waals surface area contributed by atoms with Crippen molar-refractivity contribution in [3.05, 3.63) is 35.7 Å². The Labute approximate surface area is 146 Å². The van der Waals surface area contributed by atoms with Gasteiger partial charge in [-0.15, -0.1) is 0 Å². The van der Waals surface area contributed by atoms with Crippen LogP contribution in [0, 0.1) is 6.92 Å². The van der Waals surface area contributed by atoms with Gasteiger partial charge in [-0.3, -0.25) is 0 Å². The molecule has 1 aromatic heterocycles. The highest BCUT2D eigenvalue weighted by Gasteiger charge is 2.17. The SMILES string of the molecule is Cc1ccccc1-c1noc([C@H](C)NC(=O)NCCNS(C)(=O)=O)n1. The second kappa shape index (κ2) is 8.08.